The molecule has 2 aromatic rings. The third-order valence-corrected chi connectivity index (χ3v) is 5.38. The van der Waals surface area contributed by atoms with E-state index in [9.17, 15) is 9.18 Å². The average molecular weight is 361 g/mol. The van der Waals surface area contributed by atoms with Crippen molar-refractivity contribution in [3.63, 3.8) is 0 Å². The number of ether oxygens (including phenoxy) is 1. The molecule has 1 saturated heterocycles. The van der Waals surface area contributed by atoms with Crippen LogP contribution in [0, 0.1) is 17.1 Å². The molecule has 5 nitrogen and oxygen atoms in total. The number of nitrogens with zero attached hydrogens (tertiary/aromatic N) is 3. The Kier molecular flexibility index (Phi) is 5.97. The van der Waals surface area contributed by atoms with E-state index in [4.69, 9.17) is 10.00 Å². The van der Waals surface area contributed by atoms with Crippen LogP contribution in [0.4, 0.5) is 4.39 Å². The molecule has 0 N–H and O–H groups in total. The molecule has 0 aliphatic carbocycles. The number of amides is 1. The molecule has 1 amide bonds. The number of morpholine rings is 1. The van der Waals surface area contributed by atoms with Gasteiger partial charge in [-0.15, -0.1) is 11.3 Å². The van der Waals surface area contributed by atoms with E-state index in [1.54, 1.807) is 17.0 Å². The van der Waals surface area contributed by atoms with Gasteiger partial charge in [0.05, 0.1) is 30.6 Å². The van der Waals surface area contributed by atoms with Gasteiger partial charge in [-0.2, -0.15) is 5.26 Å². The Morgan fingerprint density at radius 2 is 2.16 bits per heavy atom. The number of halogens is 1. The first-order valence-electron chi connectivity index (χ1n) is 8.33. The summed E-state index contributed by atoms with van der Waals surface area (Å²) in [6.07, 6.45) is 0.286. The van der Waals surface area contributed by atoms with Gasteiger partial charge in [-0.1, -0.05) is 6.07 Å². The summed E-state index contributed by atoms with van der Waals surface area (Å²) in [5.74, 6) is -0.450. The summed E-state index contributed by atoms with van der Waals surface area (Å²) in [7, 11) is 0. The zero-order chi connectivity index (χ0) is 17.6. The zero-order valence-corrected chi connectivity index (χ0v) is 14.7. The van der Waals surface area contributed by atoms with Crippen molar-refractivity contribution in [3.05, 3.63) is 35.0 Å². The monoisotopic (exact) mass is 361 g/mol. The lowest BCUT2D eigenvalue weighted by Crippen LogP contribution is -2.43. The maximum Gasteiger partial charge on any atom is 0.264 e. The first kappa shape index (κ1) is 17.8. The molecule has 2 heterocycles. The van der Waals surface area contributed by atoms with Crippen molar-refractivity contribution in [2.45, 2.75) is 6.42 Å². The van der Waals surface area contributed by atoms with Crippen molar-refractivity contribution in [3.8, 4) is 6.07 Å². The van der Waals surface area contributed by atoms with Gasteiger partial charge in [0.15, 0.2) is 0 Å². The molecule has 1 aliphatic rings. The standard InChI is InChI=1S/C18H20FN3O2S/c19-15-3-1-4-16-14(15)13-17(25-16)18(23)22(6-2-5-20)8-7-21-9-11-24-12-10-21/h1,3-4,13H,2,6-12H2. The van der Waals surface area contributed by atoms with E-state index in [0.29, 0.717) is 36.6 Å². The Balaban J connectivity index is 1.72. The van der Waals surface area contributed by atoms with Gasteiger partial charge in [0.1, 0.15) is 5.82 Å². The summed E-state index contributed by atoms with van der Waals surface area (Å²) in [6.45, 7) is 4.82. The predicted octanol–water partition coefficient (Wildman–Crippen LogP) is 2.73. The molecule has 0 saturated carbocycles. The SMILES string of the molecule is N#CCCN(CCN1CCOCC1)C(=O)c1cc2c(F)cccc2s1. The van der Waals surface area contributed by atoms with E-state index in [2.05, 4.69) is 11.0 Å². The number of fused-ring (bicyclic) bond motifs is 1. The van der Waals surface area contributed by atoms with Gasteiger partial charge in [-0.25, -0.2) is 4.39 Å². The second kappa shape index (κ2) is 8.39. The Labute approximate surface area is 150 Å². The number of hydrogen-bond acceptors (Lipinski definition) is 5. The highest BCUT2D eigenvalue weighted by atomic mass is 32.1. The van der Waals surface area contributed by atoms with Crippen molar-refractivity contribution in [1.82, 2.24) is 9.80 Å². The molecular formula is C18H20FN3O2S. The third-order valence-electron chi connectivity index (χ3n) is 4.29. The van der Waals surface area contributed by atoms with E-state index in [-0.39, 0.29) is 18.1 Å². The summed E-state index contributed by atoms with van der Waals surface area (Å²) >= 11 is 1.30. The predicted molar refractivity (Wildman–Crippen MR) is 95.2 cm³/mol. The molecule has 25 heavy (non-hydrogen) atoms. The highest BCUT2D eigenvalue weighted by Crippen LogP contribution is 2.28. The van der Waals surface area contributed by atoms with Crippen LogP contribution >= 0.6 is 11.3 Å². The van der Waals surface area contributed by atoms with Crippen molar-refractivity contribution < 1.29 is 13.9 Å². The first-order chi connectivity index (χ1) is 12.2. The maximum absolute atomic E-state index is 13.9. The fraction of sp³-hybridized carbons (Fsp3) is 0.444. The molecule has 0 atom stereocenters. The lowest BCUT2D eigenvalue weighted by atomic mass is 10.2. The molecule has 0 spiro atoms. The molecule has 1 aromatic carbocycles. The Morgan fingerprint density at radius 1 is 1.36 bits per heavy atom. The van der Waals surface area contributed by atoms with Crippen LogP contribution < -0.4 is 0 Å². The van der Waals surface area contributed by atoms with Crippen LogP contribution in [-0.4, -0.2) is 61.6 Å². The smallest absolute Gasteiger partial charge is 0.264 e. The summed E-state index contributed by atoms with van der Waals surface area (Å²) in [5, 5.41) is 9.35. The van der Waals surface area contributed by atoms with Gasteiger partial charge < -0.3 is 9.64 Å². The van der Waals surface area contributed by atoms with Gasteiger partial charge in [-0.05, 0) is 18.2 Å². The minimum absolute atomic E-state index is 0.135. The highest BCUT2D eigenvalue weighted by Gasteiger charge is 2.20. The third kappa shape index (κ3) is 4.34. The topological polar surface area (TPSA) is 56.6 Å². The van der Waals surface area contributed by atoms with Crippen LogP contribution in [0.2, 0.25) is 0 Å². The van der Waals surface area contributed by atoms with Gasteiger partial charge >= 0.3 is 0 Å². The number of carbonyl (C=O) groups is 1. The van der Waals surface area contributed by atoms with Crippen molar-refractivity contribution >= 4 is 27.3 Å². The molecule has 132 valence electrons. The van der Waals surface area contributed by atoms with E-state index < -0.39 is 0 Å². The maximum atomic E-state index is 13.9. The number of thiophene rings is 1. The van der Waals surface area contributed by atoms with Crippen LogP contribution in [0.15, 0.2) is 24.3 Å². The molecule has 7 heteroatoms. The fourth-order valence-electron chi connectivity index (χ4n) is 2.87. The van der Waals surface area contributed by atoms with Crippen molar-refractivity contribution in [2.75, 3.05) is 45.9 Å². The van der Waals surface area contributed by atoms with E-state index in [1.165, 1.54) is 17.4 Å². The van der Waals surface area contributed by atoms with Crippen molar-refractivity contribution in [2.24, 2.45) is 0 Å². The zero-order valence-electron chi connectivity index (χ0n) is 13.9. The summed E-state index contributed by atoms with van der Waals surface area (Å²) in [5.41, 5.74) is 0. The second-order valence-electron chi connectivity index (χ2n) is 5.92. The Morgan fingerprint density at radius 3 is 2.88 bits per heavy atom. The van der Waals surface area contributed by atoms with Crippen molar-refractivity contribution in [1.29, 1.82) is 5.26 Å². The largest absolute Gasteiger partial charge is 0.379 e. The quantitative estimate of drug-likeness (QED) is 0.794. The van der Waals surface area contributed by atoms with E-state index in [0.717, 1.165) is 24.3 Å². The number of hydrogen-bond donors (Lipinski definition) is 0. The molecule has 0 radical (unpaired) electrons. The molecule has 1 fully saturated rings. The normalized spacial score (nSPS) is 15.2. The molecule has 1 aromatic heterocycles. The van der Waals surface area contributed by atoms with Crippen LogP contribution in [0.1, 0.15) is 16.1 Å². The second-order valence-corrected chi connectivity index (χ2v) is 7.00. The van der Waals surface area contributed by atoms with Gasteiger partial charge in [-0.3, -0.25) is 9.69 Å². The summed E-state index contributed by atoms with van der Waals surface area (Å²) < 4.78 is 20.0. The number of rotatable bonds is 6. The highest BCUT2D eigenvalue weighted by molar-refractivity contribution is 7.20. The number of carbonyl (C=O) groups excluding carboxylic acids is 1. The molecule has 1 aliphatic heterocycles. The first-order valence-corrected chi connectivity index (χ1v) is 9.15. The number of benzene rings is 1. The van der Waals surface area contributed by atoms with E-state index >= 15 is 0 Å². The van der Waals surface area contributed by atoms with Gasteiger partial charge in [0.2, 0.25) is 0 Å². The molecular weight excluding hydrogens is 341 g/mol. The van der Waals surface area contributed by atoms with Crippen LogP contribution in [0.5, 0.6) is 0 Å². The minimum Gasteiger partial charge on any atom is -0.379 e. The summed E-state index contributed by atoms with van der Waals surface area (Å²) in [4.78, 5) is 17.3. The number of nitriles is 1. The molecule has 0 bridgehead atoms. The fourth-order valence-corrected chi connectivity index (χ4v) is 3.92. The van der Waals surface area contributed by atoms with E-state index in [1.807, 2.05) is 6.07 Å². The Bertz CT molecular complexity index is 780. The minimum atomic E-state index is -0.315. The summed E-state index contributed by atoms with van der Waals surface area (Å²) in [6, 6.07) is 8.57. The lowest BCUT2D eigenvalue weighted by Gasteiger charge is -2.29. The Hall–Kier alpha value is -2.01. The molecule has 3 rings (SSSR count). The van der Waals surface area contributed by atoms with Gasteiger partial charge in [0.25, 0.3) is 5.91 Å². The van der Waals surface area contributed by atoms with Gasteiger partial charge in [0, 0.05) is 42.8 Å². The van der Waals surface area contributed by atoms with Crippen LogP contribution in [0.25, 0.3) is 10.1 Å². The average Bonchev–Trinajstić information content (AvgIpc) is 3.08. The van der Waals surface area contributed by atoms with Crippen LogP contribution in [-0.2, 0) is 4.74 Å². The lowest BCUT2D eigenvalue weighted by molar-refractivity contribution is 0.0327. The molecule has 0 unspecified atom stereocenters. The van der Waals surface area contributed by atoms with Crippen LogP contribution in [0.3, 0.4) is 0 Å².